The smallest absolute Gasteiger partial charge is 0.125 e. The zero-order valence-corrected chi connectivity index (χ0v) is 10.3. The lowest BCUT2D eigenvalue weighted by Gasteiger charge is -2.08. The Morgan fingerprint density at radius 3 is 3.06 bits per heavy atom. The van der Waals surface area contributed by atoms with E-state index in [9.17, 15) is 0 Å². The molecule has 0 saturated heterocycles. The van der Waals surface area contributed by atoms with Crippen LogP contribution in [0.15, 0.2) is 29.9 Å². The monoisotopic (exact) mass is 233 g/mol. The molecule has 2 aromatic rings. The van der Waals surface area contributed by atoms with Crippen molar-refractivity contribution in [2.24, 2.45) is 0 Å². The topological polar surface area (TPSA) is 37.8 Å². The summed E-state index contributed by atoms with van der Waals surface area (Å²) < 4.78 is 0. The second kappa shape index (κ2) is 5.18. The van der Waals surface area contributed by atoms with Crippen molar-refractivity contribution in [2.75, 3.05) is 6.54 Å². The van der Waals surface area contributed by atoms with E-state index in [-0.39, 0.29) is 0 Å². The van der Waals surface area contributed by atoms with Crippen LogP contribution in [-0.2, 0) is 0 Å². The SMILES string of the molecule is CCNC(C)c1csc(-c2cccnc2)n1. The number of aromatic nitrogens is 2. The molecule has 4 heteroatoms. The van der Waals surface area contributed by atoms with Gasteiger partial charge in [-0.1, -0.05) is 6.92 Å². The maximum atomic E-state index is 4.62. The van der Waals surface area contributed by atoms with Crippen molar-refractivity contribution < 1.29 is 0 Å². The Bertz CT molecular complexity index is 439. The van der Waals surface area contributed by atoms with Gasteiger partial charge in [0.1, 0.15) is 5.01 Å². The third kappa shape index (κ3) is 2.46. The van der Waals surface area contributed by atoms with Crippen molar-refractivity contribution >= 4 is 11.3 Å². The molecule has 0 fully saturated rings. The minimum absolute atomic E-state index is 0.312. The summed E-state index contributed by atoms with van der Waals surface area (Å²) in [5.74, 6) is 0. The summed E-state index contributed by atoms with van der Waals surface area (Å²) in [6.45, 7) is 5.19. The first-order chi connectivity index (χ1) is 7.81. The summed E-state index contributed by atoms with van der Waals surface area (Å²) in [7, 11) is 0. The van der Waals surface area contributed by atoms with Crippen LogP contribution < -0.4 is 5.32 Å². The molecule has 2 aromatic heterocycles. The molecule has 1 unspecified atom stereocenters. The predicted molar refractivity (Wildman–Crippen MR) is 67.4 cm³/mol. The maximum Gasteiger partial charge on any atom is 0.125 e. The number of rotatable bonds is 4. The van der Waals surface area contributed by atoms with Crippen molar-refractivity contribution in [3.05, 3.63) is 35.6 Å². The molecule has 0 aliphatic carbocycles. The molecule has 16 heavy (non-hydrogen) atoms. The van der Waals surface area contributed by atoms with Crippen LogP contribution in [0.2, 0.25) is 0 Å². The molecule has 0 aliphatic rings. The molecule has 0 amide bonds. The maximum absolute atomic E-state index is 4.62. The number of hydrogen-bond donors (Lipinski definition) is 1. The van der Waals surface area contributed by atoms with Gasteiger partial charge in [0.15, 0.2) is 0 Å². The van der Waals surface area contributed by atoms with E-state index in [4.69, 9.17) is 0 Å². The number of hydrogen-bond acceptors (Lipinski definition) is 4. The summed E-state index contributed by atoms with van der Waals surface area (Å²) in [5.41, 5.74) is 2.19. The first kappa shape index (κ1) is 11.2. The van der Waals surface area contributed by atoms with Gasteiger partial charge in [0.05, 0.1) is 5.69 Å². The van der Waals surface area contributed by atoms with E-state index in [1.165, 1.54) is 0 Å². The number of nitrogens with zero attached hydrogens (tertiary/aromatic N) is 2. The fourth-order valence-electron chi connectivity index (χ4n) is 1.52. The number of pyridine rings is 1. The lowest BCUT2D eigenvalue weighted by Crippen LogP contribution is -2.17. The van der Waals surface area contributed by atoms with Crippen LogP contribution in [0.4, 0.5) is 0 Å². The summed E-state index contributed by atoms with van der Waals surface area (Å²) in [6, 6.07) is 4.28. The lowest BCUT2D eigenvalue weighted by atomic mass is 10.2. The van der Waals surface area contributed by atoms with E-state index in [2.05, 4.69) is 34.5 Å². The summed E-state index contributed by atoms with van der Waals surface area (Å²) in [6.07, 6.45) is 3.62. The van der Waals surface area contributed by atoms with E-state index in [1.807, 2.05) is 18.3 Å². The Hall–Kier alpha value is -1.26. The zero-order chi connectivity index (χ0) is 11.4. The molecule has 84 valence electrons. The highest BCUT2D eigenvalue weighted by Gasteiger charge is 2.09. The lowest BCUT2D eigenvalue weighted by molar-refractivity contribution is 0.587. The first-order valence-electron chi connectivity index (χ1n) is 5.40. The van der Waals surface area contributed by atoms with Crippen molar-refractivity contribution in [1.29, 1.82) is 0 Å². The Morgan fingerprint density at radius 2 is 2.38 bits per heavy atom. The van der Waals surface area contributed by atoms with E-state index in [0.29, 0.717) is 6.04 Å². The summed E-state index contributed by atoms with van der Waals surface area (Å²) >= 11 is 1.67. The van der Waals surface area contributed by atoms with Crippen LogP contribution in [0.5, 0.6) is 0 Å². The quantitative estimate of drug-likeness (QED) is 0.882. The van der Waals surface area contributed by atoms with Gasteiger partial charge in [-0.3, -0.25) is 4.98 Å². The largest absolute Gasteiger partial charge is 0.309 e. The summed E-state index contributed by atoms with van der Waals surface area (Å²) in [5, 5.41) is 6.50. The molecule has 0 saturated carbocycles. The molecular formula is C12H15N3S. The van der Waals surface area contributed by atoms with Crippen molar-refractivity contribution in [3.63, 3.8) is 0 Å². The van der Waals surface area contributed by atoms with Crippen LogP contribution in [0.1, 0.15) is 25.6 Å². The van der Waals surface area contributed by atoms with Gasteiger partial charge in [-0.05, 0) is 25.6 Å². The molecule has 0 aromatic carbocycles. The normalized spacial score (nSPS) is 12.6. The molecule has 0 radical (unpaired) electrons. The van der Waals surface area contributed by atoms with Crippen LogP contribution in [0.3, 0.4) is 0 Å². The molecule has 0 spiro atoms. The minimum atomic E-state index is 0.312. The Kier molecular flexibility index (Phi) is 3.64. The fourth-order valence-corrected chi connectivity index (χ4v) is 2.42. The second-order valence-corrected chi connectivity index (χ2v) is 4.46. The Labute approximate surface area is 99.6 Å². The van der Waals surface area contributed by atoms with Crippen molar-refractivity contribution in [2.45, 2.75) is 19.9 Å². The van der Waals surface area contributed by atoms with E-state index < -0.39 is 0 Å². The molecular weight excluding hydrogens is 218 g/mol. The van der Waals surface area contributed by atoms with Gasteiger partial charge in [0.2, 0.25) is 0 Å². The highest BCUT2D eigenvalue weighted by atomic mass is 32.1. The van der Waals surface area contributed by atoms with Gasteiger partial charge in [0, 0.05) is 29.4 Å². The number of nitrogens with one attached hydrogen (secondary N) is 1. The standard InChI is InChI=1S/C12H15N3S/c1-3-14-9(2)11-8-16-12(15-11)10-5-4-6-13-7-10/h4-9,14H,3H2,1-2H3. The van der Waals surface area contributed by atoms with Gasteiger partial charge in [-0.25, -0.2) is 4.98 Å². The summed E-state index contributed by atoms with van der Waals surface area (Å²) in [4.78, 5) is 8.72. The molecule has 3 nitrogen and oxygen atoms in total. The average molecular weight is 233 g/mol. The molecule has 0 bridgehead atoms. The average Bonchev–Trinajstić information content (AvgIpc) is 2.80. The fraction of sp³-hybridized carbons (Fsp3) is 0.333. The highest BCUT2D eigenvalue weighted by molar-refractivity contribution is 7.13. The molecule has 2 heterocycles. The first-order valence-corrected chi connectivity index (χ1v) is 6.28. The molecule has 2 rings (SSSR count). The predicted octanol–water partition coefficient (Wildman–Crippen LogP) is 2.88. The number of thiazole rings is 1. The third-order valence-electron chi connectivity index (χ3n) is 2.38. The zero-order valence-electron chi connectivity index (χ0n) is 9.47. The molecule has 1 atom stereocenters. The molecule has 0 aliphatic heterocycles. The Morgan fingerprint density at radius 1 is 1.50 bits per heavy atom. The van der Waals surface area contributed by atoms with Gasteiger partial charge in [-0.2, -0.15) is 0 Å². The Balaban J connectivity index is 2.20. The van der Waals surface area contributed by atoms with Gasteiger partial charge in [-0.15, -0.1) is 11.3 Å². The van der Waals surface area contributed by atoms with Crippen LogP contribution in [-0.4, -0.2) is 16.5 Å². The highest BCUT2D eigenvalue weighted by Crippen LogP contribution is 2.25. The molecule has 1 N–H and O–H groups in total. The van der Waals surface area contributed by atoms with Crippen molar-refractivity contribution in [1.82, 2.24) is 15.3 Å². The van der Waals surface area contributed by atoms with Crippen LogP contribution in [0, 0.1) is 0 Å². The van der Waals surface area contributed by atoms with E-state index >= 15 is 0 Å². The van der Waals surface area contributed by atoms with Gasteiger partial charge >= 0.3 is 0 Å². The van der Waals surface area contributed by atoms with E-state index in [1.54, 1.807) is 17.5 Å². The van der Waals surface area contributed by atoms with Crippen LogP contribution in [0.25, 0.3) is 10.6 Å². The van der Waals surface area contributed by atoms with Gasteiger partial charge in [0.25, 0.3) is 0 Å². The minimum Gasteiger partial charge on any atom is -0.309 e. The van der Waals surface area contributed by atoms with Crippen molar-refractivity contribution in [3.8, 4) is 10.6 Å². The van der Waals surface area contributed by atoms with Gasteiger partial charge < -0.3 is 5.32 Å². The van der Waals surface area contributed by atoms with Crippen LogP contribution >= 0.6 is 11.3 Å². The second-order valence-electron chi connectivity index (χ2n) is 3.60. The van der Waals surface area contributed by atoms with E-state index in [0.717, 1.165) is 22.8 Å². The third-order valence-corrected chi connectivity index (χ3v) is 3.29.